The van der Waals surface area contributed by atoms with Gasteiger partial charge in [0.2, 0.25) is 5.91 Å². The van der Waals surface area contributed by atoms with Crippen LogP contribution in [0.1, 0.15) is 25.0 Å². The SMILES string of the molecule is CS[C@@H]1S[C@]2(c3ccccc3)[C@@H](NC(=O)Cc3ccccc3)C(=O)N2C1(C)C. The number of fused-ring (bicyclic) bond motifs is 1. The van der Waals surface area contributed by atoms with Gasteiger partial charge in [0.25, 0.3) is 5.91 Å². The fraction of sp³-hybridized carbons (Fsp3) is 0.364. The molecule has 4 rings (SSSR count). The van der Waals surface area contributed by atoms with Gasteiger partial charge in [-0.05, 0) is 31.2 Å². The molecule has 2 heterocycles. The van der Waals surface area contributed by atoms with Crippen molar-refractivity contribution in [3.63, 3.8) is 0 Å². The van der Waals surface area contributed by atoms with E-state index in [9.17, 15) is 9.59 Å². The van der Waals surface area contributed by atoms with Crippen LogP contribution < -0.4 is 5.32 Å². The van der Waals surface area contributed by atoms with Crippen LogP contribution in [-0.4, -0.2) is 39.1 Å². The van der Waals surface area contributed by atoms with Gasteiger partial charge in [-0.15, -0.1) is 23.5 Å². The van der Waals surface area contributed by atoms with E-state index < -0.39 is 10.9 Å². The van der Waals surface area contributed by atoms with Crippen molar-refractivity contribution in [3.05, 3.63) is 71.8 Å². The Morgan fingerprint density at radius 3 is 2.32 bits per heavy atom. The summed E-state index contributed by atoms with van der Waals surface area (Å²) in [6.07, 6.45) is 2.35. The van der Waals surface area contributed by atoms with Crippen molar-refractivity contribution in [2.75, 3.05) is 6.26 Å². The minimum absolute atomic E-state index is 0.000635. The molecule has 2 aliphatic heterocycles. The Balaban J connectivity index is 1.66. The Labute approximate surface area is 174 Å². The first-order chi connectivity index (χ1) is 13.4. The number of nitrogens with zero attached hydrogens (tertiary/aromatic N) is 1. The summed E-state index contributed by atoms with van der Waals surface area (Å²) >= 11 is 3.54. The van der Waals surface area contributed by atoms with Crippen molar-refractivity contribution < 1.29 is 9.59 Å². The summed E-state index contributed by atoms with van der Waals surface area (Å²) in [6.45, 7) is 4.23. The zero-order chi connectivity index (χ0) is 19.9. The summed E-state index contributed by atoms with van der Waals surface area (Å²) in [6, 6.07) is 19.2. The van der Waals surface area contributed by atoms with E-state index >= 15 is 0 Å². The maximum absolute atomic E-state index is 13.2. The van der Waals surface area contributed by atoms with E-state index in [0.717, 1.165) is 11.1 Å². The number of rotatable bonds is 5. The third-order valence-corrected chi connectivity index (χ3v) is 9.22. The first-order valence-electron chi connectivity index (χ1n) is 9.35. The largest absolute Gasteiger partial charge is 0.341 e. The molecule has 0 saturated carbocycles. The number of carbonyl (C=O) groups excluding carboxylic acids is 2. The number of amides is 2. The Kier molecular flexibility index (Phi) is 4.96. The van der Waals surface area contributed by atoms with Crippen molar-refractivity contribution in [1.29, 1.82) is 0 Å². The first kappa shape index (κ1) is 19.4. The molecule has 146 valence electrons. The van der Waals surface area contributed by atoms with Crippen molar-refractivity contribution in [2.24, 2.45) is 0 Å². The third kappa shape index (κ3) is 2.85. The second-order valence-electron chi connectivity index (χ2n) is 7.74. The van der Waals surface area contributed by atoms with Crippen LogP contribution in [0.3, 0.4) is 0 Å². The molecule has 0 radical (unpaired) electrons. The maximum atomic E-state index is 13.2. The number of hydrogen-bond acceptors (Lipinski definition) is 4. The van der Waals surface area contributed by atoms with Crippen molar-refractivity contribution >= 4 is 35.3 Å². The van der Waals surface area contributed by atoms with Gasteiger partial charge in [-0.25, -0.2) is 0 Å². The van der Waals surface area contributed by atoms with E-state index in [4.69, 9.17) is 0 Å². The number of hydrogen-bond donors (Lipinski definition) is 1. The Bertz CT molecular complexity index is 888. The van der Waals surface area contributed by atoms with E-state index in [2.05, 4.69) is 37.6 Å². The molecule has 2 aliphatic rings. The lowest BCUT2D eigenvalue weighted by atomic mass is 9.82. The quantitative estimate of drug-likeness (QED) is 0.762. The van der Waals surface area contributed by atoms with Crippen LogP contribution in [0.25, 0.3) is 0 Å². The summed E-state index contributed by atoms with van der Waals surface area (Å²) in [5.41, 5.74) is 1.71. The molecule has 3 atom stereocenters. The van der Waals surface area contributed by atoms with Gasteiger partial charge in [-0.2, -0.15) is 0 Å². The molecule has 6 heteroatoms. The fourth-order valence-electron chi connectivity index (χ4n) is 4.30. The molecule has 0 spiro atoms. The van der Waals surface area contributed by atoms with Gasteiger partial charge in [-0.3, -0.25) is 9.59 Å². The highest BCUT2D eigenvalue weighted by molar-refractivity contribution is 8.17. The minimum Gasteiger partial charge on any atom is -0.341 e. The van der Waals surface area contributed by atoms with Gasteiger partial charge in [0, 0.05) is 0 Å². The molecule has 28 heavy (non-hydrogen) atoms. The second-order valence-corrected chi connectivity index (χ2v) is 10.3. The lowest BCUT2D eigenvalue weighted by molar-refractivity contribution is -0.164. The third-order valence-electron chi connectivity index (χ3n) is 5.54. The molecule has 2 saturated heterocycles. The molecule has 0 aliphatic carbocycles. The number of thioether (sulfide) groups is 2. The molecule has 2 aromatic carbocycles. The van der Waals surface area contributed by atoms with Gasteiger partial charge in [-0.1, -0.05) is 60.7 Å². The van der Waals surface area contributed by atoms with E-state index in [1.54, 1.807) is 23.5 Å². The maximum Gasteiger partial charge on any atom is 0.250 e. The monoisotopic (exact) mass is 412 g/mol. The number of β-lactam (4-membered cyclic amide) rings is 1. The molecular formula is C22H24N2O2S2. The van der Waals surface area contributed by atoms with Gasteiger partial charge in [0.05, 0.1) is 16.5 Å². The number of carbonyl (C=O) groups is 2. The average Bonchev–Trinajstić information content (AvgIpc) is 2.91. The molecule has 4 nitrogen and oxygen atoms in total. The molecule has 2 amide bonds. The van der Waals surface area contributed by atoms with Gasteiger partial charge in [0.15, 0.2) is 0 Å². The lowest BCUT2D eigenvalue weighted by Crippen LogP contribution is -2.77. The van der Waals surface area contributed by atoms with Crippen LogP contribution in [-0.2, 0) is 20.9 Å². The summed E-state index contributed by atoms with van der Waals surface area (Å²) in [7, 11) is 0. The van der Waals surface area contributed by atoms with Crippen molar-refractivity contribution in [2.45, 2.75) is 41.3 Å². The highest BCUT2D eigenvalue weighted by Crippen LogP contribution is 2.65. The zero-order valence-corrected chi connectivity index (χ0v) is 17.8. The highest BCUT2D eigenvalue weighted by Gasteiger charge is 2.72. The van der Waals surface area contributed by atoms with Gasteiger partial charge in [0.1, 0.15) is 10.9 Å². The first-order valence-corrected chi connectivity index (χ1v) is 11.5. The van der Waals surface area contributed by atoms with Crippen LogP contribution in [0.2, 0.25) is 0 Å². The van der Waals surface area contributed by atoms with E-state index in [1.807, 2.05) is 53.4 Å². The van der Waals surface area contributed by atoms with Crippen LogP contribution in [0, 0.1) is 0 Å². The molecular weight excluding hydrogens is 388 g/mol. The van der Waals surface area contributed by atoms with Crippen molar-refractivity contribution in [3.8, 4) is 0 Å². The minimum atomic E-state index is -0.554. The molecule has 0 bridgehead atoms. The molecule has 1 N–H and O–H groups in total. The van der Waals surface area contributed by atoms with Gasteiger partial charge >= 0.3 is 0 Å². The van der Waals surface area contributed by atoms with E-state index in [1.165, 1.54) is 0 Å². The summed E-state index contributed by atoms with van der Waals surface area (Å²) < 4.78 is 0.229. The predicted molar refractivity (Wildman–Crippen MR) is 116 cm³/mol. The second kappa shape index (κ2) is 7.16. The Hall–Kier alpha value is -1.92. The zero-order valence-electron chi connectivity index (χ0n) is 16.2. The van der Waals surface area contributed by atoms with Crippen LogP contribution >= 0.6 is 23.5 Å². The number of nitrogens with one attached hydrogen (secondary N) is 1. The van der Waals surface area contributed by atoms with Crippen LogP contribution in [0.15, 0.2) is 60.7 Å². The predicted octanol–water partition coefficient (Wildman–Crippen LogP) is 3.62. The fourth-order valence-corrected chi connectivity index (χ4v) is 7.52. The van der Waals surface area contributed by atoms with Crippen LogP contribution in [0.4, 0.5) is 0 Å². The lowest BCUT2D eigenvalue weighted by Gasteiger charge is -2.56. The Morgan fingerprint density at radius 2 is 1.71 bits per heavy atom. The topological polar surface area (TPSA) is 49.4 Å². The summed E-state index contributed by atoms with van der Waals surface area (Å²) in [5, 5.41) is 3.05. The van der Waals surface area contributed by atoms with Gasteiger partial charge < -0.3 is 10.2 Å². The Morgan fingerprint density at radius 1 is 1.11 bits per heavy atom. The van der Waals surface area contributed by atoms with E-state index in [-0.39, 0.29) is 28.4 Å². The number of benzene rings is 2. The summed E-state index contributed by atoms with van der Waals surface area (Å²) in [5.74, 6) is -0.121. The average molecular weight is 413 g/mol. The van der Waals surface area contributed by atoms with E-state index in [0.29, 0.717) is 0 Å². The normalized spacial score (nSPS) is 27.8. The smallest absolute Gasteiger partial charge is 0.250 e. The molecule has 2 aromatic rings. The molecule has 2 fully saturated rings. The molecule has 0 unspecified atom stereocenters. The summed E-state index contributed by atoms with van der Waals surface area (Å²) in [4.78, 5) is 27.3. The standard InChI is InChI=1S/C22H24N2O2S2/c1-21(2)20(27-3)28-22(16-12-8-5-9-13-16)18(19(26)24(21)22)23-17(25)14-15-10-6-4-7-11-15/h4-13,18,20H,14H2,1-3H3,(H,23,25)/t18-,20+,22+/m0/s1. The van der Waals surface area contributed by atoms with Crippen molar-refractivity contribution in [1.82, 2.24) is 10.2 Å². The highest BCUT2D eigenvalue weighted by atomic mass is 32.2. The van der Waals surface area contributed by atoms with Crippen LogP contribution in [0.5, 0.6) is 0 Å². The molecule has 0 aromatic heterocycles.